The highest BCUT2D eigenvalue weighted by molar-refractivity contribution is 5.45. The monoisotopic (exact) mass is 386 g/mol. The second-order valence-corrected chi connectivity index (χ2v) is 7.51. The number of allylic oxidation sites excluding steroid dienone is 2. The first-order valence-electron chi connectivity index (χ1n) is 9.79. The molecule has 27 heavy (non-hydrogen) atoms. The van der Waals surface area contributed by atoms with Crippen molar-refractivity contribution >= 4 is 0 Å². The van der Waals surface area contributed by atoms with Gasteiger partial charge in [-0.3, -0.25) is 0 Å². The third kappa shape index (κ3) is 5.88. The van der Waals surface area contributed by atoms with E-state index in [4.69, 9.17) is 4.74 Å². The van der Waals surface area contributed by atoms with Gasteiger partial charge >= 0.3 is 6.36 Å². The first kappa shape index (κ1) is 20.0. The van der Waals surface area contributed by atoms with E-state index >= 15 is 0 Å². The molecular weight excluding hydrogens is 360 g/mol. The van der Waals surface area contributed by atoms with E-state index in [9.17, 15) is 17.6 Å². The molecule has 0 amide bonds. The third-order valence-corrected chi connectivity index (χ3v) is 5.51. The normalized spacial score (nSPS) is 18.4. The van der Waals surface area contributed by atoms with Crippen molar-refractivity contribution in [1.29, 1.82) is 0 Å². The van der Waals surface area contributed by atoms with E-state index in [0.29, 0.717) is 24.7 Å². The average Bonchev–Trinajstić information content (AvgIpc) is 2.51. The van der Waals surface area contributed by atoms with Crippen LogP contribution in [0.3, 0.4) is 0 Å². The smallest absolute Gasteiger partial charge is 0.490 e. The van der Waals surface area contributed by atoms with Crippen LogP contribution >= 0.6 is 0 Å². The maximum absolute atomic E-state index is 14.7. The van der Waals surface area contributed by atoms with Gasteiger partial charge in [-0.25, -0.2) is 4.39 Å². The molecule has 0 spiro atoms. The summed E-state index contributed by atoms with van der Waals surface area (Å²) >= 11 is 0. The standard InChI is InChI=1S/C21H26F4O2/c22-19-17(10-2-1-5-15-6-3-7-15)11-12-18(20(19)27-21(23,24)25)26-14-13-16-8-4-9-16/h1,5,11-12,15-16H,2-4,6-10,13-14H2/b5-1+. The quantitative estimate of drug-likeness (QED) is 0.352. The molecular formula is C21H26F4O2. The molecule has 1 aromatic rings. The zero-order valence-corrected chi connectivity index (χ0v) is 15.4. The van der Waals surface area contributed by atoms with Crippen LogP contribution < -0.4 is 9.47 Å². The van der Waals surface area contributed by atoms with Crippen molar-refractivity contribution in [3.63, 3.8) is 0 Å². The van der Waals surface area contributed by atoms with Crippen molar-refractivity contribution in [2.45, 2.75) is 64.1 Å². The number of alkyl halides is 3. The topological polar surface area (TPSA) is 18.5 Å². The molecule has 0 unspecified atom stereocenters. The Morgan fingerprint density at radius 3 is 2.41 bits per heavy atom. The van der Waals surface area contributed by atoms with Crippen LogP contribution in [0.15, 0.2) is 24.3 Å². The molecule has 150 valence electrons. The predicted octanol–water partition coefficient (Wildman–Crippen LogP) is 6.58. The minimum Gasteiger partial charge on any atom is -0.490 e. The molecule has 2 saturated carbocycles. The molecule has 2 aliphatic carbocycles. The van der Waals surface area contributed by atoms with Crippen LogP contribution in [-0.2, 0) is 6.42 Å². The highest BCUT2D eigenvalue weighted by Crippen LogP contribution is 2.38. The molecule has 0 heterocycles. The van der Waals surface area contributed by atoms with Crippen LogP contribution in [0.1, 0.15) is 56.9 Å². The summed E-state index contributed by atoms with van der Waals surface area (Å²) in [5, 5.41) is 0. The Kier molecular flexibility index (Phi) is 6.66. The lowest BCUT2D eigenvalue weighted by atomic mass is 9.83. The van der Waals surface area contributed by atoms with E-state index < -0.39 is 17.9 Å². The van der Waals surface area contributed by atoms with Gasteiger partial charge in [-0.1, -0.05) is 43.9 Å². The van der Waals surface area contributed by atoms with Gasteiger partial charge < -0.3 is 9.47 Å². The molecule has 0 saturated heterocycles. The van der Waals surface area contributed by atoms with Gasteiger partial charge in [0.2, 0.25) is 5.75 Å². The summed E-state index contributed by atoms with van der Waals surface area (Å²) in [6.45, 7) is 0.266. The van der Waals surface area contributed by atoms with E-state index in [1.807, 2.05) is 6.08 Å². The fourth-order valence-electron chi connectivity index (χ4n) is 3.37. The largest absolute Gasteiger partial charge is 0.573 e. The molecule has 3 rings (SSSR count). The fourth-order valence-corrected chi connectivity index (χ4v) is 3.37. The van der Waals surface area contributed by atoms with Crippen LogP contribution in [0, 0.1) is 17.7 Å². The summed E-state index contributed by atoms with van der Waals surface area (Å²) in [5.74, 6) is -0.853. The van der Waals surface area contributed by atoms with Gasteiger partial charge in [0.05, 0.1) is 6.61 Å². The van der Waals surface area contributed by atoms with Crippen molar-refractivity contribution in [3.8, 4) is 11.5 Å². The Bertz CT molecular complexity index is 646. The van der Waals surface area contributed by atoms with Gasteiger partial charge in [-0.05, 0) is 55.6 Å². The SMILES string of the molecule is Fc1c(CC/C=C/C2CCC2)ccc(OCCC2CCC2)c1OC(F)(F)F. The minimum absolute atomic E-state index is 0.182. The highest BCUT2D eigenvalue weighted by Gasteiger charge is 2.35. The van der Waals surface area contributed by atoms with Gasteiger partial charge in [0.15, 0.2) is 11.6 Å². The molecule has 0 radical (unpaired) electrons. The second kappa shape index (κ2) is 8.98. The number of halogens is 4. The maximum Gasteiger partial charge on any atom is 0.573 e. The van der Waals surface area contributed by atoms with Gasteiger partial charge in [0.25, 0.3) is 0 Å². The van der Waals surface area contributed by atoms with E-state index in [0.717, 1.165) is 19.3 Å². The lowest BCUT2D eigenvalue weighted by Gasteiger charge is -2.25. The number of hydrogen-bond donors (Lipinski definition) is 0. The van der Waals surface area contributed by atoms with Crippen molar-refractivity contribution in [3.05, 3.63) is 35.7 Å². The number of aryl methyl sites for hydroxylation is 1. The third-order valence-electron chi connectivity index (χ3n) is 5.51. The fraction of sp³-hybridized carbons (Fsp3) is 0.619. The molecule has 0 aromatic heterocycles. The molecule has 1 aromatic carbocycles. The highest BCUT2D eigenvalue weighted by atomic mass is 19.4. The van der Waals surface area contributed by atoms with E-state index in [-0.39, 0.29) is 17.9 Å². The van der Waals surface area contributed by atoms with Gasteiger partial charge in [0.1, 0.15) is 0 Å². The van der Waals surface area contributed by atoms with Crippen LogP contribution in [-0.4, -0.2) is 13.0 Å². The average molecular weight is 386 g/mol. The molecule has 2 aliphatic rings. The first-order valence-corrected chi connectivity index (χ1v) is 9.79. The molecule has 0 aliphatic heterocycles. The van der Waals surface area contributed by atoms with Gasteiger partial charge in [-0.15, -0.1) is 13.2 Å². The van der Waals surface area contributed by atoms with E-state index in [1.54, 1.807) is 0 Å². The van der Waals surface area contributed by atoms with Crippen molar-refractivity contribution in [1.82, 2.24) is 0 Å². The Morgan fingerprint density at radius 2 is 1.81 bits per heavy atom. The zero-order chi connectivity index (χ0) is 19.3. The number of hydrogen-bond acceptors (Lipinski definition) is 2. The summed E-state index contributed by atoms with van der Waals surface area (Å²) in [6, 6.07) is 2.88. The Morgan fingerprint density at radius 1 is 1.07 bits per heavy atom. The van der Waals surface area contributed by atoms with Crippen LogP contribution in [0.4, 0.5) is 17.6 Å². The lowest BCUT2D eigenvalue weighted by Crippen LogP contribution is -2.20. The number of rotatable bonds is 9. The predicted molar refractivity (Wildman–Crippen MR) is 95.3 cm³/mol. The Labute approximate surface area is 157 Å². The molecule has 2 fully saturated rings. The molecule has 0 N–H and O–H groups in total. The minimum atomic E-state index is -4.96. The summed E-state index contributed by atoms with van der Waals surface area (Å²) in [7, 11) is 0. The Balaban J connectivity index is 1.64. The lowest BCUT2D eigenvalue weighted by molar-refractivity contribution is -0.276. The van der Waals surface area contributed by atoms with Crippen LogP contribution in [0.25, 0.3) is 0 Å². The van der Waals surface area contributed by atoms with Crippen molar-refractivity contribution in [2.75, 3.05) is 6.61 Å². The first-order chi connectivity index (χ1) is 12.9. The summed E-state index contributed by atoms with van der Waals surface area (Å²) in [5.41, 5.74) is 0.207. The summed E-state index contributed by atoms with van der Waals surface area (Å²) in [6.07, 6.45) is 7.85. The molecule has 0 atom stereocenters. The zero-order valence-electron chi connectivity index (χ0n) is 15.4. The van der Waals surface area contributed by atoms with Gasteiger partial charge in [0, 0.05) is 0 Å². The maximum atomic E-state index is 14.7. The summed E-state index contributed by atoms with van der Waals surface area (Å²) in [4.78, 5) is 0. The van der Waals surface area contributed by atoms with E-state index in [1.165, 1.54) is 37.8 Å². The van der Waals surface area contributed by atoms with Crippen molar-refractivity contribution in [2.24, 2.45) is 11.8 Å². The molecule has 0 bridgehead atoms. The number of benzene rings is 1. The summed E-state index contributed by atoms with van der Waals surface area (Å²) < 4.78 is 62.2. The van der Waals surface area contributed by atoms with Crippen LogP contribution in [0.5, 0.6) is 11.5 Å². The van der Waals surface area contributed by atoms with Crippen LogP contribution in [0.2, 0.25) is 0 Å². The second-order valence-electron chi connectivity index (χ2n) is 7.51. The Hall–Kier alpha value is -1.72. The molecule has 6 heteroatoms. The van der Waals surface area contributed by atoms with Crippen molar-refractivity contribution < 1.29 is 27.0 Å². The van der Waals surface area contributed by atoms with E-state index in [2.05, 4.69) is 10.8 Å². The molecule has 2 nitrogen and oxygen atoms in total. The number of ether oxygens (including phenoxy) is 2. The van der Waals surface area contributed by atoms with Gasteiger partial charge in [-0.2, -0.15) is 0 Å².